The summed E-state index contributed by atoms with van der Waals surface area (Å²) < 4.78 is 0. The lowest BCUT2D eigenvalue weighted by Crippen LogP contribution is -2.44. The molecule has 0 saturated heterocycles. The van der Waals surface area contributed by atoms with E-state index in [1.54, 1.807) is 11.8 Å². The fourth-order valence-corrected chi connectivity index (χ4v) is 2.48. The van der Waals surface area contributed by atoms with E-state index in [4.69, 9.17) is 0 Å². The van der Waals surface area contributed by atoms with Gasteiger partial charge in [-0.25, -0.2) is 0 Å². The molecular formula is C13H16N2S. The highest BCUT2D eigenvalue weighted by Crippen LogP contribution is 2.26. The molecule has 1 aromatic rings. The molecule has 1 aliphatic carbocycles. The van der Waals surface area contributed by atoms with Crippen LogP contribution in [0.1, 0.15) is 19.8 Å². The van der Waals surface area contributed by atoms with E-state index in [0.29, 0.717) is 6.04 Å². The van der Waals surface area contributed by atoms with Crippen LogP contribution >= 0.6 is 11.8 Å². The van der Waals surface area contributed by atoms with Crippen LogP contribution in [-0.4, -0.2) is 17.3 Å². The summed E-state index contributed by atoms with van der Waals surface area (Å²) in [6.45, 7) is 1.99. The summed E-state index contributed by atoms with van der Waals surface area (Å²) in [4.78, 5) is 1.22. The number of nitrogens with zero attached hydrogens (tertiary/aromatic N) is 1. The van der Waals surface area contributed by atoms with E-state index in [9.17, 15) is 5.26 Å². The van der Waals surface area contributed by atoms with Crippen molar-refractivity contribution in [3.05, 3.63) is 30.3 Å². The number of hydrogen-bond acceptors (Lipinski definition) is 3. The van der Waals surface area contributed by atoms with E-state index in [-0.39, 0.29) is 0 Å². The molecule has 1 N–H and O–H groups in total. The highest BCUT2D eigenvalue weighted by molar-refractivity contribution is 7.99. The Balaban J connectivity index is 1.89. The molecule has 2 rings (SSSR count). The zero-order valence-corrected chi connectivity index (χ0v) is 10.3. The van der Waals surface area contributed by atoms with E-state index < -0.39 is 5.54 Å². The molecule has 1 aromatic carbocycles. The Bertz CT molecular complexity index is 381. The molecule has 0 heterocycles. The number of nitriles is 1. The quantitative estimate of drug-likeness (QED) is 0.793. The van der Waals surface area contributed by atoms with Crippen LogP contribution in [0.3, 0.4) is 0 Å². The van der Waals surface area contributed by atoms with Gasteiger partial charge in [-0.2, -0.15) is 5.26 Å². The Labute approximate surface area is 101 Å². The van der Waals surface area contributed by atoms with Crippen molar-refractivity contribution >= 4 is 11.8 Å². The van der Waals surface area contributed by atoms with Gasteiger partial charge < -0.3 is 0 Å². The lowest BCUT2D eigenvalue weighted by Gasteiger charge is -2.22. The highest BCUT2D eigenvalue weighted by Gasteiger charge is 2.32. The van der Waals surface area contributed by atoms with Crippen molar-refractivity contribution in [1.29, 1.82) is 5.26 Å². The molecule has 16 heavy (non-hydrogen) atoms. The van der Waals surface area contributed by atoms with Gasteiger partial charge in [0.2, 0.25) is 0 Å². The third-order valence-corrected chi connectivity index (χ3v) is 3.94. The van der Waals surface area contributed by atoms with Gasteiger partial charge in [0, 0.05) is 16.7 Å². The van der Waals surface area contributed by atoms with Crippen LogP contribution in [0.25, 0.3) is 0 Å². The average Bonchev–Trinajstić information content (AvgIpc) is 3.12. The minimum atomic E-state index is -0.401. The SMILES string of the molecule is CC(C#N)(CSc1ccccc1)NC1CC1. The van der Waals surface area contributed by atoms with Gasteiger partial charge in [0.25, 0.3) is 0 Å². The molecule has 0 aliphatic heterocycles. The van der Waals surface area contributed by atoms with Crippen LogP contribution in [0.5, 0.6) is 0 Å². The zero-order valence-electron chi connectivity index (χ0n) is 9.44. The average molecular weight is 232 g/mol. The van der Waals surface area contributed by atoms with Gasteiger partial charge in [-0.05, 0) is 31.9 Å². The summed E-state index contributed by atoms with van der Waals surface area (Å²) in [6.07, 6.45) is 2.43. The van der Waals surface area contributed by atoms with Crippen molar-refractivity contribution in [3.8, 4) is 6.07 Å². The molecule has 0 aromatic heterocycles. The zero-order chi connectivity index (χ0) is 11.4. The first-order chi connectivity index (χ1) is 7.72. The molecule has 0 bridgehead atoms. The number of nitrogens with one attached hydrogen (secondary N) is 1. The van der Waals surface area contributed by atoms with Gasteiger partial charge >= 0.3 is 0 Å². The third kappa shape index (κ3) is 3.26. The molecule has 2 nitrogen and oxygen atoms in total. The molecular weight excluding hydrogens is 216 g/mol. The van der Waals surface area contributed by atoms with Crippen LogP contribution in [0.2, 0.25) is 0 Å². The van der Waals surface area contributed by atoms with Gasteiger partial charge in [0.05, 0.1) is 6.07 Å². The summed E-state index contributed by atoms with van der Waals surface area (Å²) in [6, 6.07) is 13.2. The topological polar surface area (TPSA) is 35.8 Å². The Kier molecular flexibility index (Phi) is 3.52. The van der Waals surface area contributed by atoms with E-state index in [1.807, 2.05) is 25.1 Å². The van der Waals surface area contributed by atoms with E-state index in [0.717, 1.165) is 5.75 Å². The molecule has 3 heteroatoms. The maximum atomic E-state index is 9.21. The van der Waals surface area contributed by atoms with Crippen molar-refractivity contribution < 1.29 is 0 Å². The number of hydrogen-bond donors (Lipinski definition) is 1. The van der Waals surface area contributed by atoms with Crippen molar-refractivity contribution in [2.75, 3.05) is 5.75 Å². The Morgan fingerprint density at radius 3 is 2.69 bits per heavy atom. The molecule has 1 saturated carbocycles. The molecule has 1 unspecified atom stereocenters. The summed E-state index contributed by atoms with van der Waals surface area (Å²) >= 11 is 1.74. The predicted octanol–water partition coefficient (Wildman–Crippen LogP) is 2.81. The molecule has 0 spiro atoms. The Morgan fingerprint density at radius 1 is 1.44 bits per heavy atom. The molecule has 0 amide bonds. The number of benzene rings is 1. The Morgan fingerprint density at radius 2 is 2.12 bits per heavy atom. The second kappa shape index (κ2) is 4.90. The van der Waals surface area contributed by atoms with Crippen LogP contribution in [0.15, 0.2) is 35.2 Å². The minimum absolute atomic E-state index is 0.401. The van der Waals surface area contributed by atoms with Gasteiger partial charge in [-0.1, -0.05) is 18.2 Å². The summed E-state index contributed by atoms with van der Waals surface area (Å²) in [7, 11) is 0. The molecule has 0 radical (unpaired) electrons. The molecule has 1 aliphatic rings. The van der Waals surface area contributed by atoms with Crippen LogP contribution in [0.4, 0.5) is 0 Å². The first kappa shape index (κ1) is 11.5. The maximum absolute atomic E-state index is 9.21. The second-order valence-corrected chi connectivity index (χ2v) is 5.51. The summed E-state index contributed by atoms with van der Waals surface area (Å²) in [5.74, 6) is 0.796. The standard InChI is InChI=1S/C13H16N2S/c1-13(9-14,15-11-7-8-11)10-16-12-5-3-2-4-6-12/h2-6,11,15H,7-8,10H2,1H3. The van der Waals surface area contributed by atoms with Crippen LogP contribution in [-0.2, 0) is 0 Å². The lowest BCUT2D eigenvalue weighted by atomic mass is 10.1. The fraction of sp³-hybridized carbons (Fsp3) is 0.462. The fourth-order valence-electron chi connectivity index (χ4n) is 1.53. The molecule has 1 atom stereocenters. The Hall–Kier alpha value is -0.980. The largest absolute Gasteiger partial charge is 0.296 e. The van der Waals surface area contributed by atoms with Crippen LogP contribution in [0, 0.1) is 11.3 Å². The number of rotatable bonds is 5. The van der Waals surface area contributed by atoms with Crippen molar-refractivity contribution in [3.63, 3.8) is 0 Å². The van der Waals surface area contributed by atoms with Gasteiger partial charge in [-0.3, -0.25) is 5.32 Å². The smallest absolute Gasteiger partial charge is 0.113 e. The highest BCUT2D eigenvalue weighted by atomic mass is 32.2. The predicted molar refractivity (Wildman–Crippen MR) is 67.3 cm³/mol. The first-order valence-corrected chi connectivity index (χ1v) is 6.57. The molecule has 84 valence electrons. The molecule has 1 fully saturated rings. The first-order valence-electron chi connectivity index (χ1n) is 5.59. The van der Waals surface area contributed by atoms with Crippen LogP contribution < -0.4 is 5.32 Å². The monoisotopic (exact) mass is 232 g/mol. The normalized spacial score (nSPS) is 18.8. The van der Waals surface area contributed by atoms with E-state index in [1.165, 1.54) is 17.7 Å². The maximum Gasteiger partial charge on any atom is 0.113 e. The second-order valence-electron chi connectivity index (χ2n) is 4.46. The lowest BCUT2D eigenvalue weighted by molar-refractivity contribution is 0.490. The number of thioether (sulfide) groups is 1. The van der Waals surface area contributed by atoms with E-state index >= 15 is 0 Å². The third-order valence-electron chi connectivity index (χ3n) is 2.62. The van der Waals surface area contributed by atoms with Gasteiger partial charge in [0.15, 0.2) is 0 Å². The minimum Gasteiger partial charge on any atom is -0.296 e. The summed E-state index contributed by atoms with van der Waals surface area (Å²) in [5.41, 5.74) is -0.401. The van der Waals surface area contributed by atoms with Crippen molar-refractivity contribution in [2.24, 2.45) is 0 Å². The van der Waals surface area contributed by atoms with Gasteiger partial charge in [0.1, 0.15) is 5.54 Å². The summed E-state index contributed by atoms with van der Waals surface area (Å²) in [5, 5.41) is 12.6. The van der Waals surface area contributed by atoms with Crippen molar-refractivity contribution in [1.82, 2.24) is 5.32 Å². The van der Waals surface area contributed by atoms with Gasteiger partial charge in [-0.15, -0.1) is 11.8 Å². The van der Waals surface area contributed by atoms with Crippen molar-refractivity contribution in [2.45, 2.75) is 36.2 Å². The van der Waals surface area contributed by atoms with E-state index in [2.05, 4.69) is 23.5 Å².